The maximum Gasteiger partial charge on any atom is 0.258 e. The van der Waals surface area contributed by atoms with E-state index in [9.17, 15) is 9.18 Å². The lowest BCUT2D eigenvalue weighted by Crippen LogP contribution is -2.30. The van der Waals surface area contributed by atoms with E-state index in [1.165, 1.54) is 12.1 Å². The van der Waals surface area contributed by atoms with Crippen molar-refractivity contribution in [1.82, 2.24) is 10.2 Å². The average Bonchev–Trinajstić information content (AvgIpc) is 2.90. The molecule has 6 nitrogen and oxygen atoms in total. The van der Waals surface area contributed by atoms with Gasteiger partial charge < -0.3 is 15.8 Å². The topological polar surface area (TPSA) is 93.0 Å². The van der Waals surface area contributed by atoms with E-state index in [4.69, 9.17) is 10.5 Å². The second kappa shape index (κ2) is 5.96. The molecule has 1 aromatic heterocycles. The van der Waals surface area contributed by atoms with E-state index >= 15 is 0 Å². The van der Waals surface area contributed by atoms with E-state index in [1.54, 1.807) is 31.2 Å². The molecule has 0 aliphatic heterocycles. The number of nitrogens with zero attached hydrogens (tertiary/aromatic N) is 1. The Balaban J connectivity index is 1.84. The van der Waals surface area contributed by atoms with Gasteiger partial charge in [0.15, 0.2) is 11.9 Å². The second-order valence-electron chi connectivity index (χ2n) is 5.08. The number of primary amides is 1. The van der Waals surface area contributed by atoms with Crippen molar-refractivity contribution in [3.05, 3.63) is 48.3 Å². The highest BCUT2D eigenvalue weighted by Gasteiger charge is 2.11. The molecule has 1 amide bonds. The molecule has 3 rings (SSSR count). The zero-order valence-corrected chi connectivity index (χ0v) is 12.3. The van der Waals surface area contributed by atoms with E-state index < -0.39 is 12.0 Å². The molecular formula is C16H15FN4O2. The Bertz CT molecular complexity index is 862. The van der Waals surface area contributed by atoms with Crippen LogP contribution >= 0.6 is 0 Å². The number of halogens is 1. The van der Waals surface area contributed by atoms with Crippen molar-refractivity contribution >= 4 is 28.3 Å². The highest BCUT2D eigenvalue weighted by atomic mass is 19.1. The molecule has 2 aromatic carbocycles. The number of fused-ring (bicyclic) bond motifs is 1. The molecule has 0 saturated carbocycles. The second-order valence-corrected chi connectivity index (χ2v) is 5.08. The van der Waals surface area contributed by atoms with Crippen LogP contribution in [0, 0.1) is 5.82 Å². The Kier molecular flexibility index (Phi) is 3.84. The molecule has 4 N–H and O–H groups in total. The standard InChI is InChI=1S/C16H15FN4O2/c1-9(15(18)22)23-12-4-2-3-11(8-12)19-16-13-7-10(17)5-6-14(13)20-21-16/h2-9H,1H3,(H2,18,22)(H2,19,20,21). The Morgan fingerprint density at radius 3 is 2.96 bits per heavy atom. The summed E-state index contributed by atoms with van der Waals surface area (Å²) in [4.78, 5) is 11.1. The monoisotopic (exact) mass is 314 g/mol. The Morgan fingerprint density at radius 1 is 1.35 bits per heavy atom. The summed E-state index contributed by atoms with van der Waals surface area (Å²) in [6, 6.07) is 11.4. The number of carbonyl (C=O) groups is 1. The molecule has 0 aliphatic rings. The van der Waals surface area contributed by atoms with Gasteiger partial charge in [-0.15, -0.1) is 0 Å². The minimum absolute atomic E-state index is 0.339. The molecule has 0 aliphatic carbocycles. The fourth-order valence-corrected chi connectivity index (χ4v) is 2.13. The number of aromatic amines is 1. The van der Waals surface area contributed by atoms with Gasteiger partial charge in [0.2, 0.25) is 0 Å². The van der Waals surface area contributed by atoms with Gasteiger partial charge in [-0.05, 0) is 37.3 Å². The minimum atomic E-state index is -0.731. The number of anilines is 2. The van der Waals surface area contributed by atoms with Gasteiger partial charge in [-0.2, -0.15) is 5.10 Å². The van der Waals surface area contributed by atoms with Crippen molar-refractivity contribution in [2.45, 2.75) is 13.0 Å². The summed E-state index contributed by atoms with van der Waals surface area (Å²) in [6.45, 7) is 1.58. The number of carbonyl (C=O) groups excluding carboxylic acids is 1. The molecule has 1 atom stereocenters. The fourth-order valence-electron chi connectivity index (χ4n) is 2.13. The summed E-state index contributed by atoms with van der Waals surface area (Å²) in [6.07, 6.45) is -0.731. The van der Waals surface area contributed by atoms with Gasteiger partial charge in [0.1, 0.15) is 11.6 Å². The molecule has 0 saturated heterocycles. The number of hydrogen-bond acceptors (Lipinski definition) is 4. The number of H-pyrrole nitrogens is 1. The number of ether oxygens (including phenoxy) is 1. The lowest BCUT2D eigenvalue weighted by molar-refractivity contribution is -0.123. The summed E-state index contributed by atoms with van der Waals surface area (Å²) in [5, 5.41) is 10.7. The number of amides is 1. The Hall–Kier alpha value is -3.09. The van der Waals surface area contributed by atoms with Crippen LogP contribution in [0.5, 0.6) is 5.75 Å². The molecule has 7 heteroatoms. The molecule has 0 bridgehead atoms. The third-order valence-corrected chi connectivity index (χ3v) is 3.34. The van der Waals surface area contributed by atoms with Crippen molar-refractivity contribution in [1.29, 1.82) is 0 Å². The lowest BCUT2D eigenvalue weighted by Gasteiger charge is -2.12. The van der Waals surface area contributed by atoms with Crippen molar-refractivity contribution < 1.29 is 13.9 Å². The van der Waals surface area contributed by atoms with Crippen LogP contribution < -0.4 is 15.8 Å². The normalized spacial score (nSPS) is 12.1. The summed E-state index contributed by atoms with van der Waals surface area (Å²) in [5.74, 6) is 0.110. The predicted octanol–water partition coefficient (Wildman–Crippen LogP) is 2.70. The highest BCUT2D eigenvalue weighted by Crippen LogP contribution is 2.26. The molecule has 0 spiro atoms. The summed E-state index contributed by atoms with van der Waals surface area (Å²) in [5.41, 5.74) is 6.60. The molecule has 1 heterocycles. The van der Waals surface area contributed by atoms with E-state index in [-0.39, 0.29) is 5.82 Å². The summed E-state index contributed by atoms with van der Waals surface area (Å²) in [7, 11) is 0. The maximum absolute atomic E-state index is 13.4. The first kappa shape index (κ1) is 14.8. The number of nitrogens with two attached hydrogens (primary N) is 1. The largest absolute Gasteiger partial charge is 0.481 e. The quantitative estimate of drug-likeness (QED) is 0.675. The summed E-state index contributed by atoms with van der Waals surface area (Å²) >= 11 is 0. The predicted molar refractivity (Wildman–Crippen MR) is 85.1 cm³/mol. The van der Waals surface area contributed by atoms with Crippen molar-refractivity contribution in [2.24, 2.45) is 5.73 Å². The van der Waals surface area contributed by atoms with E-state index in [0.29, 0.717) is 22.6 Å². The molecule has 118 valence electrons. The van der Waals surface area contributed by atoms with Gasteiger partial charge >= 0.3 is 0 Å². The Labute approximate surface area is 131 Å². The van der Waals surface area contributed by atoms with E-state index in [0.717, 1.165) is 5.52 Å². The minimum Gasteiger partial charge on any atom is -0.481 e. The van der Waals surface area contributed by atoms with Gasteiger partial charge in [0.25, 0.3) is 5.91 Å². The lowest BCUT2D eigenvalue weighted by atomic mass is 10.2. The molecule has 1 unspecified atom stereocenters. The van der Waals surface area contributed by atoms with Crippen LogP contribution in [0.1, 0.15) is 6.92 Å². The van der Waals surface area contributed by atoms with Crippen molar-refractivity contribution in [3.63, 3.8) is 0 Å². The number of benzene rings is 2. The van der Waals surface area contributed by atoms with Crippen molar-refractivity contribution in [2.75, 3.05) is 5.32 Å². The Morgan fingerprint density at radius 2 is 2.17 bits per heavy atom. The number of aromatic nitrogens is 2. The molecule has 0 fully saturated rings. The van der Waals surface area contributed by atoms with Crippen LogP contribution in [0.4, 0.5) is 15.9 Å². The molecule has 23 heavy (non-hydrogen) atoms. The first-order valence-electron chi connectivity index (χ1n) is 6.99. The zero-order valence-electron chi connectivity index (χ0n) is 12.3. The van der Waals surface area contributed by atoms with Crippen LogP contribution in [0.2, 0.25) is 0 Å². The third kappa shape index (κ3) is 3.23. The SMILES string of the molecule is CC(Oc1cccc(Nc2n[nH]c3ccc(F)cc23)c1)C(N)=O. The van der Waals surface area contributed by atoms with Crippen molar-refractivity contribution in [3.8, 4) is 5.75 Å². The number of hydrogen-bond donors (Lipinski definition) is 3. The van der Waals surface area contributed by atoms with Crippen LogP contribution in [0.3, 0.4) is 0 Å². The van der Waals surface area contributed by atoms with E-state index in [1.807, 2.05) is 6.07 Å². The van der Waals surface area contributed by atoms with Crippen LogP contribution in [-0.2, 0) is 4.79 Å². The maximum atomic E-state index is 13.4. The first-order chi connectivity index (χ1) is 11.0. The molecule has 0 radical (unpaired) electrons. The van der Waals surface area contributed by atoms with Gasteiger partial charge in [0, 0.05) is 17.1 Å². The van der Waals surface area contributed by atoms with Crippen LogP contribution in [0.25, 0.3) is 10.9 Å². The van der Waals surface area contributed by atoms with Crippen LogP contribution in [0.15, 0.2) is 42.5 Å². The third-order valence-electron chi connectivity index (χ3n) is 3.34. The van der Waals surface area contributed by atoms with Gasteiger partial charge in [-0.3, -0.25) is 9.89 Å². The smallest absolute Gasteiger partial charge is 0.258 e. The molecular weight excluding hydrogens is 299 g/mol. The van der Waals surface area contributed by atoms with Crippen LogP contribution in [-0.4, -0.2) is 22.2 Å². The van der Waals surface area contributed by atoms with E-state index in [2.05, 4.69) is 15.5 Å². The van der Waals surface area contributed by atoms with Gasteiger partial charge in [0.05, 0.1) is 5.52 Å². The van der Waals surface area contributed by atoms with Gasteiger partial charge in [-0.1, -0.05) is 6.07 Å². The fraction of sp³-hybridized carbons (Fsp3) is 0.125. The highest BCUT2D eigenvalue weighted by molar-refractivity contribution is 5.91. The number of rotatable bonds is 5. The zero-order chi connectivity index (χ0) is 16.4. The molecule has 3 aromatic rings. The van der Waals surface area contributed by atoms with Gasteiger partial charge in [-0.25, -0.2) is 4.39 Å². The number of nitrogens with one attached hydrogen (secondary N) is 2. The first-order valence-corrected chi connectivity index (χ1v) is 6.99. The average molecular weight is 314 g/mol. The summed E-state index contributed by atoms with van der Waals surface area (Å²) < 4.78 is 18.8.